The number of hydrogen-bond acceptors (Lipinski definition) is 7. The van der Waals surface area contributed by atoms with Crippen LogP contribution in [0.1, 0.15) is 29.8 Å². The van der Waals surface area contributed by atoms with E-state index < -0.39 is 12.1 Å². The Balaban J connectivity index is 1.63. The number of nitrogens with zero attached hydrogens (tertiary/aromatic N) is 4. The number of likely N-dealkylation sites (N-methyl/N-ethyl adjacent to an activating group) is 1. The second-order valence-corrected chi connectivity index (χ2v) is 9.74. The molecule has 0 spiro atoms. The van der Waals surface area contributed by atoms with Crippen LogP contribution in [0.4, 0.5) is 0 Å². The number of carbonyl (C=O) groups is 2. The lowest BCUT2D eigenvalue weighted by molar-refractivity contribution is -0.130. The summed E-state index contributed by atoms with van der Waals surface area (Å²) in [6.45, 7) is 4.30. The number of aromatic nitrogens is 2. The van der Waals surface area contributed by atoms with Gasteiger partial charge < -0.3 is 24.4 Å². The molecule has 200 valence electrons. The van der Waals surface area contributed by atoms with Crippen LogP contribution in [0.3, 0.4) is 0 Å². The van der Waals surface area contributed by atoms with Gasteiger partial charge in [-0.1, -0.05) is 25.1 Å². The standard InChI is InChI=1S/C29H34N4O5/c1-19-16-33(20(2)18-34)29(36)25-13-23(22-7-9-24(37-4)10-8-22)15-31-28(25)38-26(19)17-32(3)27(35)12-21-6-5-11-30-14-21/h5-11,13-15,19-20,26,34H,12,16-18H2,1-4H3/t19-,20+,26+/m0/s1. The average Bonchev–Trinajstić information content (AvgIpc) is 2.94. The number of carbonyl (C=O) groups excluding carboxylic acids is 2. The molecule has 3 aromatic rings. The van der Waals surface area contributed by atoms with E-state index in [9.17, 15) is 14.7 Å². The predicted octanol–water partition coefficient (Wildman–Crippen LogP) is 3.07. The molecule has 0 unspecified atom stereocenters. The van der Waals surface area contributed by atoms with Gasteiger partial charge in [0.1, 0.15) is 17.4 Å². The van der Waals surface area contributed by atoms with Gasteiger partial charge in [-0.25, -0.2) is 4.98 Å². The van der Waals surface area contributed by atoms with Crippen molar-refractivity contribution in [1.29, 1.82) is 0 Å². The quantitative estimate of drug-likeness (QED) is 0.489. The normalized spacial score (nSPS) is 18.0. The van der Waals surface area contributed by atoms with Gasteiger partial charge >= 0.3 is 0 Å². The van der Waals surface area contributed by atoms with Crippen LogP contribution in [0.5, 0.6) is 11.6 Å². The Labute approximate surface area is 223 Å². The number of fused-ring (bicyclic) bond motifs is 1. The Morgan fingerprint density at radius 1 is 1.24 bits per heavy atom. The first-order valence-corrected chi connectivity index (χ1v) is 12.7. The summed E-state index contributed by atoms with van der Waals surface area (Å²) in [5, 5.41) is 9.90. The summed E-state index contributed by atoms with van der Waals surface area (Å²) in [5.41, 5.74) is 2.79. The highest BCUT2D eigenvalue weighted by molar-refractivity contribution is 5.98. The highest BCUT2D eigenvalue weighted by Gasteiger charge is 2.34. The number of aliphatic hydroxyl groups is 1. The van der Waals surface area contributed by atoms with Crippen LogP contribution in [-0.4, -0.2) is 82.7 Å². The summed E-state index contributed by atoms with van der Waals surface area (Å²) in [6.07, 6.45) is 4.84. The minimum atomic E-state index is -0.419. The lowest BCUT2D eigenvalue weighted by Gasteiger charge is -2.37. The molecule has 9 heteroatoms. The monoisotopic (exact) mass is 518 g/mol. The summed E-state index contributed by atoms with van der Waals surface area (Å²) in [4.78, 5) is 38.5. The summed E-state index contributed by atoms with van der Waals surface area (Å²) in [6, 6.07) is 12.5. The van der Waals surface area contributed by atoms with E-state index >= 15 is 0 Å². The number of aliphatic hydroxyl groups excluding tert-OH is 1. The number of rotatable bonds is 8. The molecule has 2 aromatic heterocycles. The molecule has 3 heterocycles. The molecule has 3 atom stereocenters. The first-order valence-electron chi connectivity index (χ1n) is 12.7. The van der Waals surface area contributed by atoms with Gasteiger partial charge in [0, 0.05) is 43.7 Å². The topological polar surface area (TPSA) is 105 Å². The number of hydrogen-bond donors (Lipinski definition) is 1. The number of methoxy groups -OCH3 is 1. The van der Waals surface area contributed by atoms with E-state index in [0.29, 0.717) is 18.7 Å². The van der Waals surface area contributed by atoms with Crippen molar-refractivity contribution >= 4 is 11.8 Å². The molecule has 2 amide bonds. The fourth-order valence-electron chi connectivity index (χ4n) is 4.45. The summed E-state index contributed by atoms with van der Waals surface area (Å²) in [5.74, 6) is 0.505. The van der Waals surface area contributed by atoms with Crippen molar-refractivity contribution in [3.8, 4) is 22.8 Å². The lowest BCUT2D eigenvalue weighted by Crippen LogP contribution is -2.50. The molecule has 0 fully saturated rings. The minimum Gasteiger partial charge on any atom is -0.497 e. The van der Waals surface area contributed by atoms with E-state index in [1.54, 1.807) is 54.7 Å². The Morgan fingerprint density at radius 2 is 2.00 bits per heavy atom. The van der Waals surface area contributed by atoms with E-state index in [-0.39, 0.29) is 36.6 Å². The van der Waals surface area contributed by atoms with Gasteiger partial charge in [-0.3, -0.25) is 14.6 Å². The Bertz CT molecular complexity index is 1250. The highest BCUT2D eigenvalue weighted by Crippen LogP contribution is 2.31. The molecule has 1 N–H and O–H groups in total. The van der Waals surface area contributed by atoms with Gasteiger partial charge in [0.25, 0.3) is 5.91 Å². The van der Waals surface area contributed by atoms with Crippen LogP contribution in [0, 0.1) is 5.92 Å². The van der Waals surface area contributed by atoms with Gasteiger partial charge in [-0.2, -0.15) is 0 Å². The fraction of sp³-hybridized carbons (Fsp3) is 0.379. The third kappa shape index (κ3) is 6.11. The largest absolute Gasteiger partial charge is 0.497 e. The zero-order valence-corrected chi connectivity index (χ0v) is 22.2. The molecule has 0 bridgehead atoms. The van der Waals surface area contributed by atoms with Gasteiger partial charge in [-0.05, 0) is 42.3 Å². The Morgan fingerprint density at radius 3 is 2.66 bits per heavy atom. The molecule has 1 aliphatic heterocycles. The van der Waals surface area contributed by atoms with Crippen molar-refractivity contribution in [2.75, 3.05) is 33.9 Å². The van der Waals surface area contributed by atoms with Crippen LogP contribution in [0.15, 0.2) is 61.1 Å². The SMILES string of the molecule is COc1ccc(-c2cnc3c(c2)C(=O)N([C@H](C)CO)C[C@H](C)[C@@H](CN(C)C(=O)Cc2cccnc2)O3)cc1. The molecule has 0 saturated heterocycles. The number of amides is 2. The summed E-state index contributed by atoms with van der Waals surface area (Å²) in [7, 11) is 3.35. The second-order valence-electron chi connectivity index (χ2n) is 9.74. The molecule has 1 aromatic carbocycles. The first kappa shape index (κ1) is 27.1. The number of pyridine rings is 2. The predicted molar refractivity (Wildman–Crippen MR) is 143 cm³/mol. The lowest BCUT2D eigenvalue weighted by atomic mass is 9.99. The van der Waals surface area contributed by atoms with Crippen molar-refractivity contribution < 1.29 is 24.2 Å². The van der Waals surface area contributed by atoms with E-state index in [2.05, 4.69) is 9.97 Å². The van der Waals surface area contributed by atoms with Crippen molar-refractivity contribution in [2.24, 2.45) is 5.92 Å². The van der Waals surface area contributed by atoms with Crippen molar-refractivity contribution in [3.05, 3.63) is 72.2 Å². The maximum Gasteiger partial charge on any atom is 0.259 e. The Hall–Kier alpha value is -3.98. The van der Waals surface area contributed by atoms with Gasteiger partial charge in [-0.15, -0.1) is 0 Å². The molecule has 0 aliphatic carbocycles. The zero-order valence-electron chi connectivity index (χ0n) is 22.2. The molecule has 4 rings (SSSR count). The molecular formula is C29H34N4O5. The highest BCUT2D eigenvalue weighted by atomic mass is 16.5. The summed E-state index contributed by atoms with van der Waals surface area (Å²) < 4.78 is 11.6. The van der Waals surface area contributed by atoms with Crippen LogP contribution in [-0.2, 0) is 11.2 Å². The van der Waals surface area contributed by atoms with Gasteiger partial charge in [0.2, 0.25) is 11.8 Å². The van der Waals surface area contributed by atoms with Gasteiger partial charge in [0.15, 0.2) is 0 Å². The molecule has 38 heavy (non-hydrogen) atoms. The number of ether oxygens (including phenoxy) is 2. The third-order valence-electron chi connectivity index (χ3n) is 6.90. The Kier molecular flexibility index (Phi) is 8.58. The van der Waals surface area contributed by atoms with Crippen LogP contribution in [0.25, 0.3) is 11.1 Å². The van der Waals surface area contributed by atoms with E-state index in [0.717, 1.165) is 22.4 Å². The zero-order chi connectivity index (χ0) is 27.2. The smallest absolute Gasteiger partial charge is 0.259 e. The number of benzene rings is 1. The third-order valence-corrected chi connectivity index (χ3v) is 6.90. The maximum absolute atomic E-state index is 13.7. The first-order chi connectivity index (χ1) is 18.3. The molecule has 1 aliphatic rings. The summed E-state index contributed by atoms with van der Waals surface area (Å²) >= 11 is 0. The fourth-order valence-corrected chi connectivity index (χ4v) is 4.45. The molecular weight excluding hydrogens is 484 g/mol. The van der Waals surface area contributed by atoms with E-state index in [1.807, 2.05) is 44.2 Å². The van der Waals surface area contributed by atoms with Crippen LogP contribution >= 0.6 is 0 Å². The molecule has 9 nitrogen and oxygen atoms in total. The second kappa shape index (κ2) is 12.0. The average molecular weight is 519 g/mol. The van der Waals surface area contributed by atoms with Crippen molar-refractivity contribution in [2.45, 2.75) is 32.4 Å². The maximum atomic E-state index is 13.7. The van der Waals surface area contributed by atoms with Gasteiger partial charge in [0.05, 0.1) is 32.7 Å². The van der Waals surface area contributed by atoms with E-state index in [1.165, 1.54) is 0 Å². The molecule has 0 saturated carbocycles. The molecule has 0 radical (unpaired) electrons. The van der Waals surface area contributed by atoms with Crippen molar-refractivity contribution in [1.82, 2.24) is 19.8 Å². The van der Waals surface area contributed by atoms with Crippen molar-refractivity contribution in [3.63, 3.8) is 0 Å². The van der Waals surface area contributed by atoms with Crippen LogP contribution < -0.4 is 9.47 Å². The van der Waals surface area contributed by atoms with Crippen LogP contribution in [0.2, 0.25) is 0 Å². The van der Waals surface area contributed by atoms with E-state index in [4.69, 9.17) is 9.47 Å². The minimum absolute atomic E-state index is 0.0597.